The predicted molar refractivity (Wildman–Crippen MR) is 86.6 cm³/mol. The molecule has 0 aliphatic heterocycles. The Morgan fingerprint density at radius 3 is 2.05 bits per heavy atom. The van der Waals surface area contributed by atoms with E-state index in [1.54, 1.807) is 0 Å². The highest BCUT2D eigenvalue weighted by Crippen LogP contribution is 1.96. The van der Waals surface area contributed by atoms with Crippen molar-refractivity contribution in [3.63, 3.8) is 0 Å². The van der Waals surface area contributed by atoms with Crippen LogP contribution in [0.25, 0.3) is 0 Å². The second-order valence-corrected chi connectivity index (χ2v) is 5.39. The van der Waals surface area contributed by atoms with Crippen molar-refractivity contribution in [1.29, 1.82) is 0 Å². The molecule has 0 amide bonds. The van der Waals surface area contributed by atoms with Crippen molar-refractivity contribution >= 4 is 0 Å². The minimum atomic E-state index is -0.309. The second kappa shape index (κ2) is 11.9. The zero-order valence-electron chi connectivity index (χ0n) is 13.6. The third-order valence-electron chi connectivity index (χ3n) is 2.71. The van der Waals surface area contributed by atoms with Gasteiger partial charge >= 0.3 is 0 Å². The number of benzene rings is 1. The molecule has 20 heavy (non-hydrogen) atoms. The molecule has 0 aliphatic carbocycles. The van der Waals surface area contributed by atoms with Gasteiger partial charge in [0.15, 0.2) is 0 Å². The molecule has 1 rings (SSSR count). The fourth-order valence-electron chi connectivity index (χ4n) is 1.79. The first-order chi connectivity index (χ1) is 9.49. The van der Waals surface area contributed by atoms with E-state index in [1.807, 2.05) is 37.3 Å². The summed E-state index contributed by atoms with van der Waals surface area (Å²) in [7, 11) is 3.73. The van der Waals surface area contributed by atoms with Crippen LogP contribution >= 0.6 is 0 Å². The summed E-state index contributed by atoms with van der Waals surface area (Å²) in [5, 5.41) is 14.5. The molecule has 3 N–H and O–H groups in total. The minimum absolute atomic E-state index is 0.309. The molecule has 0 saturated heterocycles. The number of likely N-dealkylation sites (N-methyl/N-ethyl adjacent to an activating group) is 1. The number of hydrazine groups is 1. The van der Waals surface area contributed by atoms with Crippen LogP contribution in [0.4, 0.5) is 0 Å². The Morgan fingerprint density at radius 2 is 1.70 bits per heavy atom. The van der Waals surface area contributed by atoms with E-state index in [-0.39, 0.29) is 6.10 Å². The Bertz CT molecular complexity index is 317. The Kier molecular flexibility index (Phi) is 11.3. The van der Waals surface area contributed by atoms with Crippen LogP contribution in [0.1, 0.15) is 19.4 Å². The standard InChI is InChI=1S/C9H23N3O.C7H8/c1-8(2)6-12(11-4)7-9(13)5-10-3;1-7-5-3-2-4-6-7/h8-11,13H,5-7H2,1-4H3;2-6H,1H3/t9-;/m1./s1. The van der Waals surface area contributed by atoms with E-state index in [9.17, 15) is 5.11 Å². The second-order valence-electron chi connectivity index (χ2n) is 5.39. The molecule has 0 fully saturated rings. The van der Waals surface area contributed by atoms with Crippen molar-refractivity contribution < 1.29 is 5.11 Å². The molecule has 0 unspecified atom stereocenters. The van der Waals surface area contributed by atoms with E-state index in [4.69, 9.17) is 0 Å². The summed E-state index contributed by atoms with van der Waals surface area (Å²) in [5.41, 5.74) is 4.39. The summed E-state index contributed by atoms with van der Waals surface area (Å²) in [6.07, 6.45) is -0.309. The van der Waals surface area contributed by atoms with Crippen LogP contribution in [0.2, 0.25) is 0 Å². The Morgan fingerprint density at radius 1 is 1.10 bits per heavy atom. The summed E-state index contributed by atoms with van der Waals surface area (Å²) in [6, 6.07) is 10.3. The highest BCUT2D eigenvalue weighted by Gasteiger charge is 2.10. The maximum Gasteiger partial charge on any atom is 0.0805 e. The maximum absolute atomic E-state index is 9.52. The lowest BCUT2D eigenvalue weighted by atomic mass is 10.2. The lowest BCUT2D eigenvalue weighted by Gasteiger charge is -2.25. The van der Waals surface area contributed by atoms with Crippen LogP contribution in [0.5, 0.6) is 0 Å². The molecule has 0 saturated carbocycles. The molecule has 0 heterocycles. The number of nitrogens with zero attached hydrogens (tertiary/aromatic N) is 1. The summed E-state index contributed by atoms with van der Waals surface area (Å²) in [6.45, 7) is 8.66. The Balaban J connectivity index is 0.000000428. The molecule has 1 aromatic carbocycles. The first-order valence-corrected chi connectivity index (χ1v) is 7.26. The first-order valence-electron chi connectivity index (χ1n) is 7.26. The van der Waals surface area contributed by atoms with Crippen molar-refractivity contribution in [3.05, 3.63) is 35.9 Å². The van der Waals surface area contributed by atoms with Gasteiger partial charge in [0.2, 0.25) is 0 Å². The SMILES string of the molecule is CNC[C@@H](O)CN(CC(C)C)NC.Cc1ccccc1. The van der Waals surface area contributed by atoms with Gasteiger partial charge in [0, 0.05) is 19.6 Å². The van der Waals surface area contributed by atoms with E-state index < -0.39 is 0 Å². The fraction of sp³-hybridized carbons (Fsp3) is 0.625. The lowest BCUT2D eigenvalue weighted by Crippen LogP contribution is -2.45. The molecular formula is C16H31N3O. The van der Waals surface area contributed by atoms with Crippen molar-refractivity contribution in [1.82, 2.24) is 15.8 Å². The summed E-state index contributed by atoms with van der Waals surface area (Å²) < 4.78 is 0. The number of rotatable bonds is 7. The van der Waals surface area contributed by atoms with Crippen LogP contribution < -0.4 is 10.7 Å². The van der Waals surface area contributed by atoms with Gasteiger partial charge in [0.25, 0.3) is 0 Å². The van der Waals surface area contributed by atoms with Crippen LogP contribution in [-0.4, -0.2) is 49.9 Å². The average Bonchev–Trinajstić information content (AvgIpc) is 2.39. The van der Waals surface area contributed by atoms with Gasteiger partial charge in [-0.3, -0.25) is 5.43 Å². The van der Waals surface area contributed by atoms with Gasteiger partial charge in [-0.1, -0.05) is 49.7 Å². The molecule has 0 bridgehead atoms. The number of nitrogens with one attached hydrogen (secondary N) is 2. The first kappa shape index (κ1) is 19.1. The van der Waals surface area contributed by atoms with E-state index >= 15 is 0 Å². The zero-order valence-corrected chi connectivity index (χ0v) is 13.6. The topological polar surface area (TPSA) is 47.5 Å². The van der Waals surface area contributed by atoms with Crippen LogP contribution in [-0.2, 0) is 0 Å². The normalized spacial score (nSPS) is 12.2. The number of hydrogen-bond donors (Lipinski definition) is 3. The van der Waals surface area contributed by atoms with Crippen molar-refractivity contribution in [3.8, 4) is 0 Å². The van der Waals surface area contributed by atoms with Gasteiger partial charge in [0.05, 0.1) is 6.10 Å². The monoisotopic (exact) mass is 281 g/mol. The van der Waals surface area contributed by atoms with E-state index in [2.05, 4.69) is 43.6 Å². The van der Waals surface area contributed by atoms with Gasteiger partial charge in [-0.2, -0.15) is 0 Å². The van der Waals surface area contributed by atoms with Crippen molar-refractivity contribution in [2.75, 3.05) is 33.7 Å². The summed E-state index contributed by atoms with van der Waals surface area (Å²) in [4.78, 5) is 0. The number of aryl methyl sites for hydroxylation is 1. The molecule has 1 atom stereocenters. The van der Waals surface area contributed by atoms with E-state index in [0.717, 1.165) is 6.54 Å². The maximum atomic E-state index is 9.52. The minimum Gasteiger partial charge on any atom is -0.390 e. The quantitative estimate of drug-likeness (QED) is 0.665. The average molecular weight is 281 g/mol. The van der Waals surface area contributed by atoms with Gasteiger partial charge < -0.3 is 10.4 Å². The predicted octanol–water partition coefficient (Wildman–Crippen LogP) is 1.65. The number of hydrogen-bond acceptors (Lipinski definition) is 4. The Labute approximate surface area is 124 Å². The third kappa shape index (κ3) is 10.9. The molecule has 0 spiro atoms. The molecule has 1 aromatic rings. The van der Waals surface area contributed by atoms with Crippen LogP contribution in [0.15, 0.2) is 30.3 Å². The van der Waals surface area contributed by atoms with E-state index in [1.165, 1.54) is 5.56 Å². The molecule has 0 aliphatic rings. The van der Waals surface area contributed by atoms with Crippen LogP contribution in [0.3, 0.4) is 0 Å². The highest BCUT2D eigenvalue weighted by atomic mass is 16.3. The Hall–Kier alpha value is -0.940. The highest BCUT2D eigenvalue weighted by molar-refractivity contribution is 5.11. The smallest absolute Gasteiger partial charge is 0.0805 e. The van der Waals surface area contributed by atoms with Gasteiger partial charge in [-0.15, -0.1) is 0 Å². The summed E-state index contributed by atoms with van der Waals surface area (Å²) >= 11 is 0. The molecule has 4 heteroatoms. The van der Waals surface area contributed by atoms with Gasteiger partial charge in [-0.05, 0) is 26.9 Å². The van der Waals surface area contributed by atoms with E-state index in [0.29, 0.717) is 19.0 Å². The van der Waals surface area contributed by atoms with Crippen molar-refractivity contribution in [2.45, 2.75) is 26.9 Å². The fourth-order valence-corrected chi connectivity index (χ4v) is 1.79. The largest absolute Gasteiger partial charge is 0.390 e. The van der Waals surface area contributed by atoms with Crippen LogP contribution in [0, 0.1) is 12.8 Å². The third-order valence-corrected chi connectivity index (χ3v) is 2.71. The number of aliphatic hydroxyl groups is 1. The lowest BCUT2D eigenvalue weighted by molar-refractivity contribution is 0.0810. The molecule has 0 aromatic heterocycles. The number of aliphatic hydroxyl groups excluding tert-OH is 1. The van der Waals surface area contributed by atoms with Crippen molar-refractivity contribution in [2.24, 2.45) is 5.92 Å². The molecule has 116 valence electrons. The van der Waals surface area contributed by atoms with Gasteiger partial charge in [0.1, 0.15) is 0 Å². The molecule has 4 nitrogen and oxygen atoms in total. The molecule has 0 radical (unpaired) electrons. The zero-order chi connectivity index (χ0) is 15.4. The van der Waals surface area contributed by atoms with Gasteiger partial charge in [-0.25, -0.2) is 5.01 Å². The molecular weight excluding hydrogens is 250 g/mol. The summed E-state index contributed by atoms with van der Waals surface area (Å²) in [5.74, 6) is 0.606.